The number of amides is 1. The SMILES string of the molecule is Cc1nc2c(nc1NC(=O)Cc1ccc3ccccc3c1)CCc1cc(N)ccc1-2. The molecular formula is C25H22N4O. The second-order valence-electron chi connectivity index (χ2n) is 7.78. The van der Waals surface area contributed by atoms with Crippen molar-refractivity contribution in [2.24, 2.45) is 0 Å². The molecule has 0 radical (unpaired) electrons. The standard InChI is InChI=1S/C25H22N4O/c1-15-25(28-22-11-8-19-14-20(26)9-10-21(19)24(22)27-15)29-23(30)13-16-6-7-17-4-2-3-5-18(17)12-16/h2-7,9-10,12,14H,8,11,13,26H2,1H3,(H,28,29,30). The maximum Gasteiger partial charge on any atom is 0.229 e. The molecule has 5 heteroatoms. The molecule has 0 unspecified atom stereocenters. The number of carbonyl (C=O) groups is 1. The van der Waals surface area contributed by atoms with Crippen LogP contribution >= 0.6 is 0 Å². The van der Waals surface area contributed by atoms with Crippen molar-refractivity contribution < 1.29 is 4.79 Å². The summed E-state index contributed by atoms with van der Waals surface area (Å²) in [6.07, 6.45) is 1.95. The van der Waals surface area contributed by atoms with Crippen molar-refractivity contribution in [2.45, 2.75) is 26.2 Å². The average Bonchev–Trinajstić information content (AvgIpc) is 2.74. The summed E-state index contributed by atoms with van der Waals surface area (Å²) in [7, 11) is 0. The first-order valence-corrected chi connectivity index (χ1v) is 10.1. The van der Waals surface area contributed by atoms with E-state index in [0.29, 0.717) is 17.9 Å². The first-order valence-electron chi connectivity index (χ1n) is 10.1. The molecule has 148 valence electrons. The van der Waals surface area contributed by atoms with Gasteiger partial charge in [0.25, 0.3) is 0 Å². The van der Waals surface area contributed by atoms with Crippen molar-refractivity contribution >= 4 is 28.2 Å². The number of nitrogens with zero attached hydrogens (tertiary/aromatic N) is 2. The molecule has 0 bridgehead atoms. The number of rotatable bonds is 3. The lowest BCUT2D eigenvalue weighted by atomic mass is 9.91. The predicted octanol–water partition coefficient (Wildman–Crippen LogP) is 4.47. The Morgan fingerprint density at radius 2 is 1.83 bits per heavy atom. The molecule has 4 aromatic rings. The van der Waals surface area contributed by atoms with Gasteiger partial charge in [0.2, 0.25) is 5.91 Å². The van der Waals surface area contributed by atoms with Crippen LogP contribution in [0.2, 0.25) is 0 Å². The quantitative estimate of drug-likeness (QED) is 0.503. The summed E-state index contributed by atoms with van der Waals surface area (Å²) < 4.78 is 0. The molecule has 3 N–H and O–H groups in total. The first kappa shape index (κ1) is 18.3. The van der Waals surface area contributed by atoms with Crippen molar-refractivity contribution in [3.63, 3.8) is 0 Å². The Balaban J connectivity index is 1.38. The number of aryl methyl sites for hydroxylation is 3. The molecule has 3 aromatic carbocycles. The monoisotopic (exact) mass is 394 g/mol. The number of benzene rings is 3. The molecule has 0 saturated carbocycles. The van der Waals surface area contributed by atoms with E-state index in [-0.39, 0.29) is 5.91 Å². The highest BCUT2D eigenvalue weighted by Gasteiger charge is 2.21. The van der Waals surface area contributed by atoms with Gasteiger partial charge in [-0.15, -0.1) is 0 Å². The summed E-state index contributed by atoms with van der Waals surface area (Å²) in [6.45, 7) is 1.88. The molecule has 0 saturated heterocycles. The Bertz CT molecular complexity index is 1300. The lowest BCUT2D eigenvalue weighted by Crippen LogP contribution is -2.19. The van der Waals surface area contributed by atoms with Gasteiger partial charge < -0.3 is 11.1 Å². The molecule has 1 aliphatic carbocycles. The van der Waals surface area contributed by atoms with Crippen LogP contribution in [-0.2, 0) is 24.1 Å². The van der Waals surface area contributed by atoms with E-state index in [4.69, 9.17) is 15.7 Å². The topological polar surface area (TPSA) is 80.9 Å². The third-order valence-electron chi connectivity index (χ3n) is 5.59. The zero-order chi connectivity index (χ0) is 20.7. The largest absolute Gasteiger partial charge is 0.399 e. The zero-order valence-corrected chi connectivity index (χ0v) is 16.8. The summed E-state index contributed by atoms with van der Waals surface area (Å²) in [5.74, 6) is 0.449. The lowest BCUT2D eigenvalue weighted by Gasteiger charge is -2.20. The van der Waals surface area contributed by atoms with Crippen LogP contribution in [0.4, 0.5) is 11.5 Å². The molecule has 0 fully saturated rings. The predicted molar refractivity (Wildman–Crippen MR) is 120 cm³/mol. The highest BCUT2D eigenvalue weighted by molar-refractivity contribution is 5.93. The maximum absolute atomic E-state index is 12.7. The number of nitrogens with two attached hydrogens (primary N) is 1. The summed E-state index contributed by atoms with van der Waals surface area (Å²) >= 11 is 0. The third-order valence-corrected chi connectivity index (χ3v) is 5.59. The van der Waals surface area contributed by atoms with Gasteiger partial charge in [-0.25, -0.2) is 9.97 Å². The van der Waals surface area contributed by atoms with E-state index in [9.17, 15) is 4.79 Å². The Morgan fingerprint density at radius 3 is 2.70 bits per heavy atom. The summed E-state index contributed by atoms with van der Waals surface area (Å²) in [5, 5.41) is 5.26. The molecule has 0 aliphatic heterocycles. The van der Waals surface area contributed by atoms with E-state index in [1.165, 1.54) is 10.9 Å². The van der Waals surface area contributed by atoms with Gasteiger partial charge >= 0.3 is 0 Å². The molecule has 30 heavy (non-hydrogen) atoms. The van der Waals surface area contributed by atoms with E-state index in [1.54, 1.807) is 0 Å². The van der Waals surface area contributed by atoms with Crippen molar-refractivity contribution in [3.05, 3.63) is 83.2 Å². The van der Waals surface area contributed by atoms with E-state index in [2.05, 4.69) is 23.5 Å². The van der Waals surface area contributed by atoms with Gasteiger partial charge in [-0.1, -0.05) is 48.5 Å². The smallest absolute Gasteiger partial charge is 0.229 e. The van der Waals surface area contributed by atoms with Gasteiger partial charge in [-0.05, 0) is 53.8 Å². The van der Waals surface area contributed by atoms with E-state index in [1.807, 2.05) is 49.4 Å². The van der Waals surface area contributed by atoms with Gasteiger partial charge in [0, 0.05) is 11.3 Å². The van der Waals surface area contributed by atoms with Crippen LogP contribution in [0.1, 0.15) is 22.5 Å². The van der Waals surface area contributed by atoms with Gasteiger partial charge in [0.15, 0.2) is 5.82 Å². The zero-order valence-electron chi connectivity index (χ0n) is 16.8. The van der Waals surface area contributed by atoms with Crippen LogP contribution in [-0.4, -0.2) is 15.9 Å². The molecule has 5 rings (SSSR count). The number of nitrogens with one attached hydrogen (secondary N) is 1. The number of fused-ring (bicyclic) bond motifs is 4. The Morgan fingerprint density at radius 1 is 1.00 bits per heavy atom. The van der Waals surface area contributed by atoms with Crippen LogP contribution in [0.25, 0.3) is 22.0 Å². The van der Waals surface area contributed by atoms with Crippen molar-refractivity contribution in [1.82, 2.24) is 9.97 Å². The summed E-state index contributed by atoms with van der Waals surface area (Å²) in [5.41, 5.74) is 12.5. The summed E-state index contributed by atoms with van der Waals surface area (Å²) in [4.78, 5) is 22.2. The maximum atomic E-state index is 12.7. The van der Waals surface area contributed by atoms with Crippen LogP contribution < -0.4 is 11.1 Å². The fraction of sp³-hybridized carbons (Fsp3) is 0.160. The number of nitrogen functional groups attached to an aromatic ring is 1. The fourth-order valence-corrected chi connectivity index (χ4v) is 4.08. The van der Waals surface area contributed by atoms with E-state index >= 15 is 0 Å². The average molecular weight is 394 g/mol. The highest BCUT2D eigenvalue weighted by Crippen LogP contribution is 2.33. The van der Waals surface area contributed by atoms with Crippen LogP contribution in [0.3, 0.4) is 0 Å². The molecule has 0 spiro atoms. The van der Waals surface area contributed by atoms with Crippen molar-refractivity contribution in [3.8, 4) is 11.3 Å². The van der Waals surface area contributed by atoms with Crippen molar-refractivity contribution in [2.75, 3.05) is 11.1 Å². The molecule has 0 atom stereocenters. The number of hydrogen-bond donors (Lipinski definition) is 2. The fourth-order valence-electron chi connectivity index (χ4n) is 4.08. The molecule has 1 aliphatic rings. The molecule has 1 amide bonds. The molecule has 1 aromatic heterocycles. The van der Waals surface area contributed by atoms with Crippen LogP contribution in [0.5, 0.6) is 0 Å². The second-order valence-corrected chi connectivity index (χ2v) is 7.78. The number of hydrogen-bond acceptors (Lipinski definition) is 4. The molecular weight excluding hydrogens is 372 g/mol. The van der Waals surface area contributed by atoms with Gasteiger partial charge in [-0.2, -0.15) is 0 Å². The Labute approximate surface area is 175 Å². The highest BCUT2D eigenvalue weighted by atomic mass is 16.1. The minimum Gasteiger partial charge on any atom is -0.399 e. The van der Waals surface area contributed by atoms with E-state index in [0.717, 1.165) is 46.4 Å². The molecule has 1 heterocycles. The number of anilines is 2. The minimum absolute atomic E-state index is 0.0911. The Hall–Kier alpha value is -3.73. The van der Waals surface area contributed by atoms with Gasteiger partial charge in [0.05, 0.1) is 23.5 Å². The minimum atomic E-state index is -0.0911. The second kappa shape index (κ2) is 7.26. The van der Waals surface area contributed by atoms with Gasteiger partial charge in [-0.3, -0.25) is 4.79 Å². The Kier molecular flexibility index (Phi) is 4.43. The van der Waals surface area contributed by atoms with Crippen LogP contribution in [0, 0.1) is 6.92 Å². The third kappa shape index (κ3) is 3.39. The first-order chi connectivity index (χ1) is 14.6. The summed E-state index contributed by atoms with van der Waals surface area (Å²) in [6, 6.07) is 20.2. The number of aromatic nitrogens is 2. The molecule has 5 nitrogen and oxygen atoms in total. The lowest BCUT2D eigenvalue weighted by molar-refractivity contribution is -0.115. The van der Waals surface area contributed by atoms with Crippen LogP contribution in [0.15, 0.2) is 60.7 Å². The van der Waals surface area contributed by atoms with E-state index < -0.39 is 0 Å². The normalized spacial score (nSPS) is 12.3. The number of carbonyl (C=O) groups excluding carboxylic acids is 1. The van der Waals surface area contributed by atoms with Crippen molar-refractivity contribution in [1.29, 1.82) is 0 Å². The van der Waals surface area contributed by atoms with Gasteiger partial charge in [0.1, 0.15) is 0 Å².